The zero-order valence-corrected chi connectivity index (χ0v) is 19.8. The third-order valence-electron chi connectivity index (χ3n) is 6.62. The Hall–Kier alpha value is -2.94. The molecule has 2 aliphatic rings. The van der Waals surface area contributed by atoms with Gasteiger partial charge >= 0.3 is 0 Å². The van der Waals surface area contributed by atoms with Crippen LogP contribution in [0.25, 0.3) is 4.96 Å². The molecule has 0 saturated carbocycles. The van der Waals surface area contributed by atoms with Crippen LogP contribution >= 0.6 is 11.3 Å². The number of aromatic nitrogens is 3. The predicted octanol–water partition coefficient (Wildman–Crippen LogP) is 2.67. The topological polar surface area (TPSA) is 74.1 Å². The van der Waals surface area contributed by atoms with E-state index < -0.39 is 0 Å². The number of para-hydroxylation sites is 1. The highest BCUT2D eigenvalue weighted by Gasteiger charge is 2.31. The van der Waals surface area contributed by atoms with E-state index >= 15 is 0 Å². The molecule has 5 rings (SSSR count). The molecular formula is C24H30N6O2S. The number of piperazine rings is 1. The summed E-state index contributed by atoms with van der Waals surface area (Å²) in [5, 5.41) is 5.33. The second-order valence-corrected chi connectivity index (χ2v) is 9.76. The Morgan fingerprint density at radius 1 is 1.03 bits per heavy atom. The van der Waals surface area contributed by atoms with Gasteiger partial charge in [-0.3, -0.25) is 9.59 Å². The fourth-order valence-electron chi connectivity index (χ4n) is 4.76. The number of carbonyl (C=O) groups excluding carboxylic acids is 1. The van der Waals surface area contributed by atoms with Crippen molar-refractivity contribution in [2.45, 2.75) is 32.6 Å². The molecule has 0 atom stereocenters. The third-order valence-corrected chi connectivity index (χ3v) is 7.59. The van der Waals surface area contributed by atoms with E-state index in [1.54, 1.807) is 6.07 Å². The number of anilines is 2. The first-order valence-corrected chi connectivity index (χ1v) is 12.7. The van der Waals surface area contributed by atoms with Crippen LogP contribution in [0.1, 0.15) is 31.9 Å². The Morgan fingerprint density at radius 2 is 1.76 bits per heavy atom. The number of hydrogen-bond acceptors (Lipinski definition) is 7. The molecule has 8 nitrogen and oxygen atoms in total. The lowest BCUT2D eigenvalue weighted by molar-refractivity contribution is -0.136. The first kappa shape index (κ1) is 21.9. The lowest BCUT2D eigenvalue weighted by Crippen LogP contribution is -2.51. The zero-order chi connectivity index (χ0) is 22.8. The SMILES string of the molecule is CCCc1cc(=O)n2nc(N3CCC(C(=O)N4CCN(c5ccccc5)CC4)CC3)sc2n1. The molecule has 174 valence electrons. The van der Waals surface area contributed by atoms with Crippen LogP contribution in [0.3, 0.4) is 0 Å². The summed E-state index contributed by atoms with van der Waals surface area (Å²) in [5.74, 6) is 0.352. The van der Waals surface area contributed by atoms with Crippen LogP contribution in [0, 0.1) is 5.92 Å². The number of fused-ring (bicyclic) bond motifs is 1. The van der Waals surface area contributed by atoms with Gasteiger partial charge in [0.15, 0.2) is 0 Å². The minimum absolute atomic E-state index is 0.0657. The van der Waals surface area contributed by atoms with Crippen molar-refractivity contribution in [1.29, 1.82) is 0 Å². The van der Waals surface area contributed by atoms with Crippen molar-refractivity contribution in [3.63, 3.8) is 0 Å². The molecule has 0 aliphatic carbocycles. The molecular weight excluding hydrogens is 436 g/mol. The first-order chi connectivity index (χ1) is 16.1. The molecule has 2 aliphatic heterocycles. The van der Waals surface area contributed by atoms with Gasteiger partial charge in [-0.25, -0.2) is 4.98 Å². The summed E-state index contributed by atoms with van der Waals surface area (Å²) in [7, 11) is 0. The summed E-state index contributed by atoms with van der Waals surface area (Å²) in [6, 6.07) is 12.0. The Morgan fingerprint density at radius 3 is 2.45 bits per heavy atom. The summed E-state index contributed by atoms with van der Waals surface area (Å²) in [5.41, 5.74) is 1.93. The zero-order valence-electron chi connectivity index (χ0n) is 19.0. The molecule has 0 spiro atoms. The van der Waals surface area contributed by atoms with Crippen LogP contribution in [-0.4, -0.2) is 64.7 Å². The van der Waals surface area contributed by atoms with Gasteiger partial charge in [-0.05, 0) is 31.4 Å². The minimum Gasteiger partial charge on any atom is -0.368 e. The van der Waals surface area contributed by atoms with Crippen molar-refractivity contribution in [2.24, 2.45) is 5.92 Å². The van der Waals surface area contributed by atoms with Crippen LogP contribution in [0.2, 0.25) is 0 Å². The highest BCUT2D eigenvalue weighted by molar-refractivity contribution is 7.20. The molecule has 0 unspecified atom stereocenters. The van der Waals surface area contributed by atoms with E-state index in [-0.39, 0.29) is 17.4 Å². The van der Waals surface area contributed by atoms with E-state index in [0.29, 0.717) is 4.96 Å². The molecule has 0 N–H and O–H groups in total. The summed E-state index contributed by atoms with van der Waals surface area (Å²) < 4.78 is 1.41. The van der Waals surface area contributed by atoms with Crippen LogP contribution in [0.5, 0.6) is 0 Å². The van der Waals surface area contributed by atoms with Gasteiger partial charge in [-0.2, -0.15) is 4.52 Å². The predicted molar refractivity (Wildman–Crippen MR) is 131 cm³/mol. The van der Waals surface area contributed by atoms with E-state index in [1.807, 2.05) is 11.0 Å². The van der Waals surface area contributed by atoms with Gasteiger partial charge in [0.1, 0.15) is 0 Å². The molecule has 4 heterocycles. The maximum Gasteiger partial charge on any atom is 0.275 e. The lowest BCUT2D eigenvalue weighted by Gasteiger charge is -2.39. The number of amides is 1. The van der Waals surface area contributed by atoms with Crippen molar-refractivity contribution in [1.82, 2.24) is 19.5 Å². The number of rotatable bonds is 5. The molecule has 3 aromatic rings. The van der Waals surface area contributed by atoms with Crippen molar-refractivity contribution in [3.05, 3.63) is 52.4 Å². The van der Waals surface area contributed by atoms with Crippen molar-refractivity contribution in [2.75, 3.05) is 49.1 Å². The van der Waals surface area contributed by atoms with E-state index in [1.165, 1.54) is 21.5 Å². The Labute approximate surface area is 197 Å². The average Bonchev–Trinajstić information content (AvgIpc) is 3.29. The molecule has 0 bridgehead atoms. The first-order valence-electron chi connectivity index (χ1n) is 11.9. The molecule has 9 heteroatoms. The number of nitrogens with zero attached hydrogens (tertiary/aromatic N) is 6. The number of aryl methyl sites for hydroxylation is 1. The molecule has 2 fully saturated rings. The quantitative estimate of drug-likeness (QED) is 0.576. The van der Waals surface area contributed by atoms with Crippen molar-refractivity contribution < 1.29 is 4.79 Å². The van der Waals surface area contributed by atoms with Gasteiger partial charge in [0.25, 0.3) is 5.56 Å². The maximum absolute atomic E-state index is 13.1. The average molecular weight is 467 g/mol. The Balaban J connectivity index is 1.18. The largest absolute Gasteiger partial charge is 0.368 e. The third kappa shape index (κ3) is 4.59. The molecule has 2 saturated heterocycles. The minimum atomic E-state index is -0.120. The monoisotopic (exact) mass is 466 g/mol. The van der Waals surface area contributed by atoms with E-state index in [0.717, 1.165) is 75.8 Å². The summed E-state index contributed by atoms with van der Waals surface area (Å²) in [6.45, 7) is 6.94. The molecule has 0 radical (unpaired) electrons. The molecule has 2 aromatic heterocycles. The second-order valence-electron chi connectivity index (χ2n) is 8.82. The van der Waals surface area contributed by atoms with Gasteiger partial charge in [0.05, 0.1) is 0 Å². The lowest BCUT2D eigenvalue weighted by atomic mass is 9.95. The number of piperidine rings is 1. The van der Waals surface area contributed by atoms with E-state index in [4.69, 9.17) is 0 Å². The van der Waals surface area contributed by atoms with E-state index in [9.17, 15) is 9.59 Å². The fourth-order valence-corrected chi connectivity index (χ4v) is 5.74. The van der Waals surface area contributed by atoms with Crippen LogP contribution in [0.15, 0.2) is 41.2 Å². The van der Waals surface area contributed by atoms with Crippen LogP contribution in [0.4, 0.5) is 10.8 Å². The standard InChI is InChI=1S/C24H30N6O2S/c1-2-6-19-17-21(31)30-23(25-19)33-24(26-30)29-11-9-18(10-12-29)22(32)28-15-13-27(14-16-28)20-7-4-3-5-8-20/h3-5,7-8,17-18H,2,6,9-16H2,1H3. The number of carbonyl (C=O) groups is 1. The summed E-state index contributed by atoms with van der Waals surface area (Å²) >= 11 is 1.46. The fraction of sp³-hybridized carbons (Fsp3) is 0.500. The Kier molecular flexibility index (Phi) is 6.30. The number of benzene rings is 1. The number of hydrogen-bond donors (Lipinski definition) is 0. The van der Waals surface area contributed by atoms with E-state index in [2.05, 4.69) is 51.1 Å². The summed E-state index contributed by atoms with van der Waals surface area (Å²) in [4.78, 5) is 37.4. The van der Waals surface area contributed by atoms with Gasteiger partial charge in [0, 0.05) is 62.6 Å². The van der Waals surface area contributed by atoms with Crippen molar-refractivity contribution >= 4 is 33.0 Å². The normalized spacial score (nSPS) is 17.7. The maximum atomic E-state index is 13.1. The smallest absolute Gasteiger partial charge is 0.275 e. The van der Waals surface area contributed by atoms with Gasteiger partial charge in [0.2, 0.25) is 16.0 Å². The second kappa shape index (κ2) is 9.51. The van der Waals surface area contributed by atoms with Crippen LogP contribution in [-0.2, 0) is 11.2 Å². The molecule has 1 amide bonds. The van der Waals surface area contributed by atoms with Gasteiger partial charge in [-0.1, -0.05) is 42.9 Å². The van der Waals surface area contributed by atoms with Crippen LogP contribution < -0.4 is 15.4 Å². The molecule has 1 aromatic carbocycles. The van der Waals surface area contributed by atoms with Gasteiger partial charge in [-0.15, -0.1) is 5.10 Å². The van der Waals surface area contributed by atoms with Crippen molar-refractivity contribution in [3.8, 4) is 0 Å². The Bertz CT molecular complexity index is 1160. The highest BCUT2D eigenvalue weighted by atomic mass is 32.1. The van der Waals surface area contributed by atoms with Gasteiger partial charge < -0.3 is 14.7 Å². The highest BCUT2D eigenvalue weighted by Crippen LogP contribution is 2.28. The summed E-state index contributed by atoms with van der Waals surface area (Å²) in [6.07, 6.45) is 3.39. The molecule has 33 heavy (non-hydrogen) atoms.